The summed E-state index contributed by atoms with van der Waals surface area (Å²) in [6, 6.07) is 0. The minimum atomic E-state index is -0.757. The molecule has 0 heterocycles. The number of esters is 2. The van der Waals surface area contributed by atoms with Crippen molar-refractivity contribution in [2.45, 2.75) is 129 Å². The van der Waals surface area contributed by atoms with Crippen LogP contribution in [0.25, 0.3) is 0 Å². The molecule has 172 valence electrons. The lowest BCUT2D eigenvalue weighted by Crippen LogP contribution is -2.28. The van der Waals surface area contributed by atoms with Gasteiger partial charge in [-0.15, -0.1) is 0 Å². The molecule has 1 atom stereocenters. The number of hydrogen-bond acceptors (Lipinski definition) is 5. The van der Waals surface area contributed by atoms with Gasteiger partial charge in [-0.25, -0.2) is 0 Å². The van der Waals surface area contributed by atoms with Crippen LogP contribution in [0.5, 0.6) is 0 Å². The van der Waals surface area contributed by atoms with Crippen molar-refractivity contribution in [1.82, 2.24) is 0 Å². The van der Waals surface area contributed by atoms with Crippen LogP contribution in [-0.4, -0.2) is 36.4 Å². The van der Waals surface area contributed by atoms with Crippen LogP contribution in [0.4, 0.5) is 0 Å². The summed E-state index contributed by atoms with van der Waals surface area (Å²) in [6.45, 7) is 3.13. The van der Waals surface area contributed by atoms with Crippen LogP contribution in [0.1, 0.15) is 123 Å². The summed E-state index contributed by atoms with van der Waals surface area (Å²) in [5.74, 6) is -0.779. The van der Waals surface area contributed by atoms with Gasteiger partial charge in [0.05, 0.1) is 6.61 Å². The molecule has 0 saturated heterocycles. The minimum absolute atomic E-state index is 0.0868. The zero-order valence-corrected chi connectivity index (χ0v) is 19.1. The first-order valence-corrected chi connectivity index (χ1v) is 12.0. The van der Waals surface area contributed by atoms with Gasteiger partial charge in [0, 0.05) is 13.3 Å². The first-order valence-electron chi connectivity index (χ1n) is 12.0. The fraction of sp³-hybridized carbons (Fsp3) is 0.917. The molecule has 0 saturated carbocycles. The number of unbranched alkanes of at least 4 members (excludes halogenated alkanes) is 15. The number of carbonyl (C=O) groups excluding carboxylic acids is 2. The Morgan fingerprint density at radius 1 is 0.724 bits per heavy atom. The third-order valence-electron chi connectivity index (χ3n) is 5.21. The van der Waals surface area contributed by atoms with Crippen molar-refractivity contribution in [2.24, 2.45) is 0 Å². The Balaban J connectivity index is 3.32. The van der Waals surface area contributed by atoms with Gasteiger partial charge in [-0.05, 0) is 6.42 Å². The number of ether oxygens (including phenoxy) is 2. The average Bonchev–Trinajstić information content (AvgIpc) is 2.70. The zero-order valence-electron chi connectivity index (χ0n) is 19.1. The smallest absolute Gasteiger partial charge is 0.306 e. The van der Waals surface area contributed by atoms with E-state index < -0.39 is 12.1 Å². The maximum absolute atomic E-state index is 11.7. The lowest BCUT2D eigenvalue weighted by Gasteiger charge is -2.15. The second kappa shape index (κ2) is 21.6. The van der Waals surface area contributed by atoms with Crippen LogP contribution < -0.4 is 0 Å². The molecule has 0 aliphatic carbocycles. The molecule has 0 aromatic rings. The third-order valence-corrected chi connectivity index (χ3v) is 5.21. The summed E-state index contributed by atoms with van der Waals surface area (Å²) in [7, 11) is 0. The summed E-state index contributed by atoms with van der Waals surface area (Å²) in [5.41, 5.74) is 0. The van der Waals surface area contributed by atoms with Crippen molar-refractivity contribution in [3.63, 3.8) is 0 Å². The van der Waals surface area contributed by atoms with E-state index in [-0.39, 0.29) is 19.2 Å². The van der Waals surface area contributed by atoms with E-state index in [1.807, 2.05) is 0 Å². The van der Waals surface area contributed by atoms with Crippen molar-refractivity contribution in [2.75, 3.05) is 13.2 Å². The topological polar surface area (TPSA) is 72.8 Å². The van der Waals surface area contributed by atoms with Crippen molar-refractivity contribution in [3.05, 3.63) is 0 Å². The Morgan fingerprint density at radius 2 is 1.14 bits per heavy atom. The maximum atomic E-state index is 11.7. The standard InChI is InChI=1S/C24H46O5/c1-3-4-5-6-7-8-9-10-11-12-13-14-15-16-17-18-19-24(27)29-23(20-25)21-28-22(2)26/h23,25H,3-21H2,1-2H3. The van der Waals surface area contributed by atoms with Crippen molar-refractivity contribution >= 4 is 11.9 Å². The molecule has 1 N–H and O–H groups in total. The largest absolute Gasteiger partial charge is 0.462 e. The molecular formula is C24H46O5. The van der Waals surface area contributed by atoms with Crippen LogP contribution in [0, 0.1) is 0 Å². The van der Waals surface area contributed by atoms with Gasteiger partial charge in [-0.1, -0.05) is 103 Å². The van der Waals surface area contributed by atoms with Gasteiger partial charge in [0.25, 0.3) is 0 Å². The lowest BCUT2D eigenvalue weighted by atomic mass is 10.0. The second-order valence-corrected chi connectivity index (χ2v) is 8.15. The third kappa shape index (κ3) is 21.4. The highest BCUT2D eigenvalue weighted by atomic mass is 16.6. The molecular weight excluding hydrogens is 368 g/mol. The molecule has 0 aliphatic heterocycles. The molecule has 0 bridgehead atoms. The molecule has 0 aromatic carbocycles. The zero-order chi connectivity index (χ0) is 21.6. The normalized spacial score (nSPS) is 12.0. The van der Waals surface area contributed by atoms with Gasteiger partial charge < -0.3 is 14.6 Å². The molecule has 1 unspecified atom stereocenters. The molecule has 0 amide bonds. The van der Waals surface area contributed by atoms with Gasteiger partial charge in [-0.3, -0.25) is 9.59 Å². The van der Waals surface area contributed by atoms with Crippen LogP contribution in [0.3, 0.4) is 0 Å². The van der Waals surface area contributed by atoms with Crippen LogP contribution in [0.2, 0.25) is 0 Å². The Morgan fingerprint density at radius 3 is 1.52 bits per heavy atom. The maximum Gasteiger partial charge on any atom is 0.306 e. The van der Waals surface area contributed by atoms with Gasteiger partial charge in [0.1, 0.15) is 6.61 Å². The van der Waals surface area contributed by atoms with Crippen LogP contribution in [-0.2, 0) is 19.1 Å². The Hall–Kier alpha value is -1.10. The van der Waals surface area contributed by atoms with Crippen molar-refractivity contribution in [3.8, 4) is 0 Å². The molecule has 0 rings (SSSR count). The molecule has 0 aromatic heterocycles. The van der Waals surface area contributed by atoms with E-state index in [0.717, 1.165) is 19.3 Å². The molecule has 0 fully saturated rings. The van der Waals surface area contributed by atoms with Crippen LogP contribution >= 0.6 is 0 Å². The summed E-state index contributed by atoms with van der Waals surface area (Å²) < 4.78 is 9.86. The fourth-order valence-corrected chi connectivity index (χ4v) is 3.40. The summed E-state index contributed by atoms with van der Waals surface area (Å²) in [4.78, 5) is 22.5. The van der Waals surface area contributed by atoms with Gasteiger partial charge in [0.2, 0.25) is 0 Å². The molecule has 29 heavy (non-hydrogen) atoms. The number of hydrogen-bond donors (Lipinski definition) is 1. The fourth-order valence-electron chi connectivity index (χ4n) is 3.40. The average molecular weight is 415 g/mol. The molecule has 5 heteroatoms. The number of aliphatic hydroxyl groups is 1. The summed E-state index contributed by atoms with van der Waals surface area (Å²) in [5, 5.41) is 9.13. The predicted molar refractivity (Wildman–Crippen MR) is 118 cm³/mol. The highest BCUT2D eigenvalue weighted by Gasteiger charge is 2.14. The Bertz CT molecular complexity index is 383. The highest BCUT2D eigenvalue weighted by Crippen LogP contribution is 2.14. The Labute approximate surface area is 178 Å². The first-order chi connectivity index (χ1) is 14.1. The highest BCUT2D eigenvalue weighted by molar-refractivity contribution is 5.69. The monoisotopic (exact) mass is 414 g/mol. The van der Waals surface area contributed by atoms with Gasteiger partial charge in [-0.2, -0.15) is 0 Å². The van der Waals surface area contributed by atoms with Gasteiger partial charge in [0.15, 0.2) is 6.10 Å². The first kappa shape index (κ1) is 27.9. The van der Waals surface area contributed by atoms with E-state index in [1.54, 1.807) is 0 Å². The molecule has 5 nitrogen and oxygen atoms in total. The van der Waals surface area contributed by atoms with E-state index >= 15 is 0 Å². The van der Waals surface area contributed by atoms with Crippen LogP contribution in [0.15, 0.2) is 0 Å². The Kier molecular flexibility index (Phi) is 20.8. The quantitative estimate of drug-likeness (QED) is 0.181. The second-order valence-electron chi connectivity index (χ2n) is 8.15. The van der Waals surface area contributed by atoms with Gasteiger partial charge >= 0.3 is 11.9 Å². The van der Waals surface area contributed by atoms with Crippen molar-refractivity contribution in [1.29, 1.82) is 0 Å². The number of aliphatic hydroxyl groups excluding tert-OH is 1. The lowest BCUT2D eigenvalue weighted by molar-refractivity contribution is -0.160. The molecule has 0 aliphatic rings. The van der Waals surface area contributed by atoms with E-state index in [1.165, 1.54) is 90.4 Å². The summed E-state index contributed by atoms with van der Waals surface area (Å²) in [6.07, 6.45) is 20.3. The van der Waals surface area contributed by atoms with Crippen molar-refractivity contribution < 1.29 is 24.2 Å². The summed E-state index contributed by atoms with van der Waals surface area (Å²) >= 11 is 0. The predicted octanol–water partition coefficient (Wildman–Crippen LogP) is 6.11. The SMILES string of the molecule is CCCCCCCCCCCCCCCCCCC(=O)OC(CO)COC(C)=O. The van der Waals surface area contributed by atoms with E-state index in [9.17, 15) is 9.59 Å². The van der Waals surface area contributed by atoms with E-state index in [2.05, 4.69) is 6.92 Å². The number of rotatable bonds is 21. The number of carbonyl (C=O) groups is 2. The molecule has 0 radical (unpaired) electrons. The van der Waals surface area contributed by atoms with E-state index in [4.69, 9.17) is 14.6 Å². The van der Waals surface area contributed by atoms with E-state index in [0.29, 0.717) is 6.42 Å². The minimum Gasteiger partial charge on any atom is -0.462 e. The molecule has 0 spiro atoms.